The molecule has 0 aromatic heterocycles. The second-order valence-electron chi connectivity index (χ2n) is 3.64. The summed E-state index contributed by atoms with van der Waals surface area (Å²) in [6, 6.07) is 0. The van der Waals surface area contributed by atoms with Crippen molar-refractivity contribution in [1.82, 2.24) is 0 Å². The summed E-state index contributed by atoms with van der Waals surface area (Å²) >= 11 is 1.80. The number of thioether (sulfide) groups is 1. The highest BCUT2D eigenvalue weighted by Crippen LogP contribution is 2.12. The summed E-state index contributed by atoms with van der Waals surface area (Å²) in [6.07, 6.45) is 0.835. The molecule has 0 bridgehead atoms. The zero-order valence-electron chi connectivity index (χ0n) is 9.56. The van der Waals surface area contributed by atoms with E-state index in [1.807, 2.05) is 0 Å². The number of carbonyl (C=O) groups is 1. The van der Waals surface area contributed by atoms with Gasteiger partial charge in [0.25, 0.3) is 0 Å². The number of hydrogen-bond donors (Lipinski definition) is 1. The molecule has 0 rings (SSSR count). The molecule has 1 N–H and O–H groups in total. The van der Waals surface area contributed by atoms with Crippen LogP contribution in [0.15, 0.2) is 0 Å². The van der Waals surface area contributed by atoms with Crippen molar-refractivity contribution < 1.29 is 14.1 Å². The van der Waals surface area contributed by atoms with Crippen molar-refractivity contribution in [2.45, 2.75) is 32.4 Å². The lowest BCUT2D eigenvalue weighted by Crippen LogP contribution is -2.32. The summed E-state index contributed by atoms with van der Waals surface area (Å²) < 4.78 is 11.7. The van der Waals surface area contributed by atoms with Crippen LogP contribution in [-0.2, 0) is 15.6 Å². The molecule has 2 unspecified atom stereocenters. The minimum atomic E-state index is -1.23. The third-order valence-corrected chi connectivity index (χ3v) is 4.96. The molecule has 2 atom stereocenters. The maximum Gasteiger partial charge on any atom is 0.319 e. The predicted octanol–water partition coefficient (Wildman–Crippen LogP) is 1.99. The van der Waals surface area contributed by atoms with Gasteiger partial charge >= 0.3 is 5.97 Å². The van der Waals surface area contributed by atoms with Gasteiger partial charge in [0.05, 0.1) is 0 Å². The smallest absolute Gasteiger partial charge is 0.319 e. The first-order valence-corrected chi connectivity index (χ1v) is 7.72. The van der Waals surface area contributed by atoms with E-state index in [0.717, 1.165) is 17.9 Å². The second kappa shape index (κ2) is 8.16. The molecule has 0 aliphatic heterocycles. The van der Waals surface area contributed by atoms with Crippen LogP contribution < -0.4 is 0 Å². The maximum atomic E-state index is 11.7. The monoisotopic (exact) mass is 252 g/mol. The van der Waals surface area contributed by atoms with Crippen molar-refractivity contribution in [1.29, 1.82) is 0 Å². The highest BCUT2D eigenvalue weighted by Gasteiger charge is 2.27. The predicted molar refractivity (Wildman–Crippen MR) is 66.9 cm³/mol. The van der Waals surface area contributed by atoms with Gasteiger partial charge < -0.3 is 5.11 Å². The maximum absolute atomic E-state index is 11.7. The summed E-state index contributed by atoms with van der Waals surface area (Å²) in [6.45, 7) is 5.69. The molecule has 0 aliphatic rings. The Kier molecular flexibility index (Phi) is 8.14. The van der Waals surface area contributed by atoms with Gasteiger partial charge in [-0.15, -0.1) is 0 Å². The van der Waals surface area contributed by atoms with E-state index >= 15 is 0 Å². The van der Waals surface area contributed by atoms with Gasteiger partial charge in [-0.1, -0.05) is 20.8 Å². The van der Waals surface area contributed by atoms with Crippen LogP contribution in [0.25, 0.3) is 0 Å². The van der Waals surface area contributed by atoms with Gasteiger partial charge in [0.2, 0.25) is 0 Å². The quantitative estimate of drug-likeness (QED) is 0.671. The summed E-state index contributed by atoms with van der Waals surface area (Å²) in [5.74, 6) is 1.52. The Bertz CT molecular complexity index is 217. The molecule has 0 amide bonds. The fourth-order valence-corrected chi connectivity index (χ4v) is 3.61. The van der Waals surface area contributed by atoms with E-state index in [9.17, 15) is 9.00 Å². The van der Waals surface area contributed by atoms with Gasteiger partial charge in [-0.05, 0) is 23.8 Å². The van der Waals surface area contributed by atoms with Crippen LogP contribution in [0.1, 0.15) is 27.2 Å². The Morgan fingerprint density at radius 3 is 2.47 bits per heavy atom. The Morgan fingerprint density at radius 1 is 1.47 bits per heavy atom. The molecule has 0 fully saturated rings. The van der Waals surface area contributed by atoms with Crippen molar-refractivity contribution >= 4 is 28.5 Å². The van der Waals surface area contributed by atoms with Crippen LogP contribution in [-0.4, -0.2) is 37.8 Å². The topological polar surface area (TPSA) is 54.4 Å². The van der Waals surface area contributed by atoms with Gasteiger partial charge in [0, 0.05) is 16.6 Å². The van der Waals surface area contributed by atoms with Crippen molar-refractivity contribution in [3.63, 3.8) is 0 Å². The average Bonchev–Trinajstić information content (AvgIpc) is 2.11. The summed E-state index contributed by atoms with van der Waals surface area (Å²) in [4.78, 5) is 10.9. The number of aliphatic carboxylic acids is 1. The van der Waals surface area contributed by atoms with Gasteiger partial charge in [0.1, 0.15) is 5.25 Å². The molecule has 0 heterocycles. The number of carboxylic acids is 1. The highest BCUT2D eigenvalue weighted by atomic mass is 32.2. The molecule has 0 saturated carbocycles. The first kappa shape index (κ1) is 15.0. The highest BCUT2D eigenvalue weighted by molar-refractivity contribution is 7.99. The van der Waals surface area contributed by atoms with Crippen LogP contribution in [0.5, 0.6) is 0 Å². The molecule has 90 valence electrons. The summed E-state index contributed by atoms with van der Waals surface area (Å²) in [5.41, 5.74) is 0. The molecule has 0 aromatic carbocycles. The van der Waals surface area contributed by atoms with Gasteiger partial charge in [-0.3, -0.25) is 9.00 Å². The van der Waals surface area contributed by atoms with E-state index in [2.05, 4.69) is 6.92 Å². The Morgan fingerprint density at radius 2 is 2.07 bits per heavy atom. The molecule has 0 radical (unpaired) electrons. The molecule has 0 aliphatic carbocycles. The SMILES string of the molecule is CCSCCCS(=O)C(C(=O)O)C(C)C. The number of rotatable bonds is 8. The van der Waals surface area contributed by atoms with E-state index in [1.165, 1.54) is 0 Å². The van der Waals surface area contributed by atoms with Gasteiger partial charge in [0.15, 0.2) is 0 Å². The fourth-order valence-electron chi connectivity index (χ4n) is 1.28. The van der Waals surface area contributed by atoms with Gasteiger partial charge in [-0.25, -0.2) is 0 Å². The molecule has 3 nitrogen and oxygen atoms in total. The van der Waals surface area contributed by atoms with Crippen molar-refractivity contribution in [3.8, 4) is 0 Å². The Labute approximate surface area is 98.5 Å². The first-order chi connectivity index (χ1) is 7.00. The molecular weight excluding hydrogens is 232 g/mol. The number of hydrogen-bond acceptors (Lipinski definition) is 3. The minimum absolute atomic E-state index is 0.0674. The van der Waals surface area contributed by atoms with Crippen molar-refractivity contribution in [3.05, 3.63) is 0 Å². The standard InChI is InChI=1S/C10H20O3S2/c1-4-14-6-5-7-15(13)9(8(2)3)10(11)12/h8-9H,4-7H2,1-3H3,(H,11,12). The second-order valence-corrected chi connectivity index (χ2v) is 6.71. The van der Waals surface area contributed by atoms with E-state index in [4.69, 9.17) is 5.11 Å². The number of carboxylic acid groups (broad SMARTS) is 1. The molecule has 0 aromatic rings. The minimum Gasteiger partial charge on any atom is -0.480 e. The van der Waals surface area contributed by atoms with Crippen molar-refractivity contribution in [2.75, 3.05) is 17.3 Å². The molecule has 0 spiro atoms. The lowest BCUT2D eigenvalue weighted by atomic mass is 10.1. The first-order valence-electron chi connectivity index (χ1n) is 5.18. The normalized spacial score (nSPS) is 15.2. The summed E-state index contributed by atoms with van der Waals surface area (Å²) in [7, 11) is -1.23. The van der Waals surface area contributed by atoms with E-state index in [-0.39, 0.29) is 5.92 Å². The van der Waals surface area contributed by atoms with E-state index < -0.39 is 22.0 Å². The Balaban J connectivity index is 3.99. The van der Waals surface area contributed by atoms with Crippen LogP contribution in [0.3, 0.4) is 0 Å². The van der Waals surface area contributed by atoms with Crippen LogP contribution in [0.4, 0.5) is 0 Å². The lowest BCUT2D eigenvalue weighted by molar-refractivity contribution is -0.137. The zero-order chi connectivity index (χ0) is 11.8. The Hall–Kier alpha value is -0.0300. The van der Waals surface area contributed by atoms with Crippen LogP contribution >= 0.6 is 11.8 Å². The largest absolute Gasteiger partial charge is 0.480 e. The third-order valence-electron chi connectivity index (χ3n) is 1.97. The third kappa shape index (κ3) is 6.20. The van der Waals surface area contributed by atoms with Crippen LogP contribution in [0, 0.1) is 5.92 Å². The van der Waals surface area contributed by atoms with E-state index in [0.29, 0.717) is 5.75 Å². The average molecular weight is 252 g/mol. The molecular formula is C10H20O3S2. The van der Waals surface area contributed by atoms with E-state index in [1.54, 1.807) is 25.6 Å². The molecule has 5 heteroatoms. The fraction of sp³-hybridized carbons (Fsp3) is 0.900. The molecule has 0 saturated heterocycles. The lowest BCUT2D eigenvalue weighted by Gasteiger charge is -2.15. The van der Waals surface area contributed by atoms with Crippen molar-refractivity contribution in [2.24, 2.45) is 5.92 Å². The summed E-state index contributed by atoms with van der Waals surface area (Å²) in [5, 5.41) is 8.21. The van der Waals surface area contributed by atoms with Gasteiger partial charge in [-0.2, -0.15) is 11.8 Å². The van der Waals surface area contributed by atoms with Crippen LogP contribution in [0.2, 0.25) is 0 Å². The zero-order valence-corrected chi connectivity index (χ0v) is 11.2. The molecule has 15 heavy (non-hydrogen) atoms.